The largest absolute Gasteiger partial charge is 0.388 e. The molecule has 0 saturated carbocycles. The number of aromatic nitrogens is 4. The second kappa shape index (κ2) is 18.0. The highest BCUT2D eigenvalue weighted by Crippen LogP contribution is 2.36. The summed E-state index contributed by atoms with van der Waals surface area (Å²) in [7, 11) is 0. The maximum absolute atomic E-state index is 15.0. The van der Waals surface area contributed by atoms with Crippen LogP contribution in [0.3, 0.4) is 0 Å². The number of nitriles is 2. The Labute approximate surface area is 362 Å². The minimum Gasteiger partial charge on any atom is -0.388 e. The van der Waals surface area contributed by atoms with Crippen LogP contribution in [0, 0.1) is 62.0 Å². The lowest BCUT2D eigenvalue weighted by Gasteiger charge is -2.45. The monoisotopic (exact) mass is 890 g/mol. The van der Waals surface area contributed by atoms with Gasteiger partial charge in [0.15, 0.2) is 11.6 Å². The number of hydrogen-bond donors (Lipinski definition) is 5. The maximum atomic E-state index is 15.0. The molecule has 6 aromatic rings. The highest BCUT2D eigenvalue weighted by Gasteiger charge is 2.37. The zero-order valence-corrected chi connectivity index (χ0v) is 37.0. The molecule has 2 atom stereocenters. The smallest absolute Gasteiger partial charge is 0.157 e. The van der Waals surface area contributed by atoms with Crippen molar-refractivity contribution in [3.8, 4) is 12.1 Å². The summed E-state index contributed by atoms with van der Waals surface area (Å²) in [5, 5.41) is 65.9. The molecule has 0 aliphatic carbocycles. The van der Waals surface area contributed by atoms with Crippen molar-refractivity contribution in [3.63, 3.8) is 0 Å². The van der Waals surface area contributed by atoms with Gasteiger partial charge in [-0.15, -0.1) is 10.2 Å². The van der Waals surface area contributed by atoms with Gasteiger partial charge in [-0.3, -0.25) is 0 Å². The molecule has 12 nitrogen and oxygen atoms in total. The lowest BCUT2D eigenvalue weighted by Crippen LogP contribution is -2.60. The predicted molar refractivity (Wildman–Crippen MR) is 238 cm³/mol. The summed E-state index contributed by atoms with van der Waals surface area (Å²) in [6.45, 7) is 17.3. The van der Waals surface area contributed by atoms with Gasteiger partial charge in [-0.2, -0.15) is 20.7 Å². The molecule has 4 aromatic carbocycles. The fourth-order valence-electron chi connectivity index (χ4n) is 7.63. The molecule has 0 spiro atoms. The molecule has 2 fully saturated rings. The lowest BCUT2D eigenvalue weighted by molar-refractivity contribution is 0.00877. The summed E-state index contributed by atoms with van der Waals surface area (Å²) in [4.78, 5) is 1.94. The molecule has 2 saturated heterocycles. The van der Waals surface area contributed by atoms with E-state index in [2.05, 4.69) is 64.4 Å². The standard InChI is InChI=1S/C23H24FN5O.C19H16BrFN4.C4H9NO/c1-13-16(10-25)6-5-7-18(13)14(2)26-22-19-8-17(29-11-23(4,30)12-29)9-20(24)21(19)15(3)27-28-22;1-10-13(9-22)5-4-6-15(10)11(2)23-19-16-7-14(20)8-17(21)18(16)12(3)24-25-19;1-4(6)2-5-3-4/h5-9,14,30H,11-12H2,1-4H3,(H,26,28);4-8,11H,1-3H3,(H,23,25);5-6H,2-3H2,1H3/t14-;11-;/m11./s1. The second-order valence-corrected chi connectivity index (χ2v) is 17.3. The molecule has 5 N–H and O–H groups in total. The van der Waals surface area contributed by atoms with Crippen LogP contribution < -0.4 is 20.9 Å². The minimum atomic E-state index is -0.753. The van der Waals surface area contributed by atoms with E-state index in [-0.39, 0.29) is 29.3 Å². The van der Waals surface area contributed by atoms with Crippen molar-refractivity contribution in [1.82, 2.24) is 25.7 Å². The van der Waals surface area contributed by atoms with Gasteiger partial charge in [0.1, 0.15) is 11.6 Å². The Morgan fingerprint density at radius 1 is 0.721 bits per heavy atom. The Bertz CT molecular complexity index is 2700. The molecule has 2 aromatic heterocycles. The molecular formula is C46H49BrF2N10O2. The quantitative estimate of drug-likeness (QED) is 0.103. The first-order valence-electron chi connectivity index (χ1n) is 19.8. The Morgan fingerprint density at radius 2 is 1.16 bits per heavy atom. The topological polar surface area (TPSA) is 179 Å². The first-order valence-corrected chi connectivity index (χ1v) is 20.6. The van der Waals surface area contributed by atoms with E-state index >= 15 is 4.39 Å². The summed E-state index contributed by atoms with van der Waals surface area (Å²) >= 11 is 3.33. The first-order chi connectivity index (χ1) is 28.8. The van der Waals surface area contributed by atoms with Crippen LogP contribution in [-0.4, -0.2) is 68.0 Å². The van der Waals surface area contributed by atoms with E-state index in [1.165, 1.54) is 12.1 Å². The van der Waals surface area contributed by atoms with Gasteiger partial charge >= 0.3 is 0 Å². The number of benzene rings is 4. The van der Waals surface area contributed by atoms with E-state index in [4.69, 9.17) is 5.11 Å². The van der Waals surface area contributed by atoms with Crippen molar-refractivity contribution in [2.45, 2.75) is 78.7 Å². The van der Waals surface area contributed by atoms with E-state index in [9.17, 15) is 20.0 Å². The van der Waals surface area contributed by atoms with E-state index in [0.29, 0.717) is 78.9 Å². The van der Waals surface area contributed by atoms with Crippen LogP contribution in [0.25, 0.3) is 21.5 Å². The van der Waals surface area contributed by atoms with Crippen molar-refractivity contribution in [2.24, 2.45) is 0 Å². The first kappa shape index (κ1) is 44.7. The number of aryl methyl sites for hydroxylation is 2. The number of rotatable bonds is 7. The van der Waals surface area contributed by atoms with Gasteiger partial charge in [0.2, 0.25) is 0 Å². The number of aliphatic hydroxyl groups is 2. The number of halogens is 3. The molecule has 2 aliphatic heterocycles. The number of anilines is 3. The van der Waals surface area contributed by atoms with Gasteiger partial charge in [0, 0.05) is 57.9 Å². The third-order valence-electron chi connectivity index (χ3n) is 11.0. The number of nitrogens with one attached hydrogen (secondary N) is 3. The van der Waals surface area contributed by atoms with Gasteiger partial charge in [0.05, 0.1) is 57.9 Å². The molecule has 0 unspecified atom stereocenters. The fourth-order valence-corrected chi connectivity index (χ4v) is 8.06. The highest BCUT2D eigenvalue weighted by atomic mass is 79.9. The zero-order valence-electron chi connectivity index (χ0n) is 35.4. The van der Waals surface area contributed by atoms with E-state index in [1.54, 1.807) is 32.9 Å². The van der Waals surface area contributed by atoms with Gasteiger partial charge in [0.25, 0.3) is 0 Å². The van der Waals surface area contributed by atoms with Crippen LogP contribution in [0.2, 0.25) is 0 Å². The molecule has 4 heterocycles. The Balaban J connectivity index is 0.000000181. The van der Waals surface area contributed by atoms with Gasteiger partial charge < -0.3 is 31.1 Å². The third kappa shape index (κ3) is 9.87. The molecule has 0 amide bonds. The second-order valence-electron chi connectivity index (χ2n) is 16.4. The van der Waals surface area contributed by atoms with Crippen LogP contribution in [-0.2, 0) is 0 Å². The summed E-state index contributed by atoms with van der Waals surface area (Å²) in [5.41, 5.74) is 5.67. The molecule has 316 valence electrons. The summed E-state index contributed by atoms with van der Waals surface area (Å²) in [6.07, 6.45) is 0. The van der Waals surface area contributed by atoms with Crippen LogP contribution in [0.5, 0.6) is 0 Å². The fraction of sp³-hybridized carbons (Fsp3) is 0.348. The zero-order chi connectivity index (χ0) is 44.4. The van der Waals surface area contributed by atoms with Gasteiger partial charge in [-0.05, 0) is 114 Å². The number of fused-ring (bicyclic) bond motifs is 2. The number of β-amino-alcohol motifs (C(OH)–C–C–N with tert-alkyl or cyclic N) is 2. The Morgan fingerprint density at radius 3 is 1.57 bits per heavy atom. The molecule has 0 radical (unpaired) electrons. The van der Waals surface area contributed by atoms with Crippen molar-refractivity contribution >= 4 is 54.8 Å². The van der Waals surface area contributed by atoms with Gasteiger partial charge in [-0.25, -0.2) is 8.78 Å². The van der Waals surface area contributed by atoms with Crippen LogP contribution in [0.1, 0.15) is 84.5 Å². The Kier molecular flexibility index (Phi) is 13.2. The molecule has 61 heavy (non-hydrogen) atoms. The average Bonchev–Trinajstić information content (AvgIpc) is 3.18. The number of nitrogens with zero attached hydrogens (tertiary/aromatic N) is 7. The normalized spacial score (nSPS) is 15.7. The van der Waals surface area contributed by atoms with Crippen molar-refractivity contribution in [2.75, 3.05) is 41.7 Å². The Hall–Kier alpha value is -5.84. The van der Waals surface area contributed by atoms with Crippen LogP contribution in [0.4, 0.5) is 26.1 Å². The molecule has 8 rings (SSSR count). The van der Waals surface area contributed by atoms with Crippen molar-refractivity contribution in [1.29, 1.82) is 10.5 Å². The van der Waals surface area contributed by atoms with Crippen molar-refractivity contribution < 1.29 is 19.0 Å². The lowest BCUT2D eigenvalue weighted by atomic mass is 9.95. The molecular weight excluding hydrogens is 842 g/mol. The van der Waals surface area contributed by atoms with E-state index in [1.807, 2.05) is 75.9 Å². The van der Waals surface area contributed by atoms with E-state index < -0.39 is 5.60 Å². The molecule has 0 bridgehead atoms. The third-order valence-corrected chi connectivity index (χ3v) is 11.5. The SMILES string of the molecule is CC1(O)CNC1.Cc1c(C#N)cccc1[C@@H](C)Nc1nnc(C)c2c(F)cc(Br)cc12.Cc1c(C#N)cccc1[C@@H](C)Nc1nnc(C)c2c(F)cc(N3CC(C)(O)C3)cc12. The van der Waals surface area contributed by atoms with Gasteiger partial charge in [-0.1, -0.05) is 40.2 Å². The summed E-state index contributed by atoms with van der Waals surface area (Å²) in [5.74, 6) is 0.294. The molecule has 15 heteroatoms. The van der Waals surface area contributed by atoms with Crippen LogP contribution >= 0.6 is 15.9 Å². The van der Waals surface area contributed by atoms with Crippen molar-refractivity contribution in [3.05, 3.63) is 122 Å². The minimum absolute atomic E-state index is 0.115. The summed E-state index contributed by atoms with van der Waals surface area (Å²) < 4.78 is 30.0. The van der Waals surface area contributed by atoms with Crippen LogP contribution in [0.15, 0.2) is 65.1 Å². The average molecular weight is 892 g/mol. The number of hydrogen-bond acceptors (Lipinski definition) is 12. The highest BCUT2D eigenvalue weighted by molar-refractivity contribution is 9.10. The van der Waals surface area contributed by atoms with E-state index in [0.717, 1.165) is 35.3 Å². The molecule has 2 aliphatic rings. The summed E-state index contributed by atoms with van der Waals surface area (Å²) in [6, 6.07) is 22.0. The maximum Gasteiger partial charge on any atom is 0.157 e. The predicted octanol–water partition coefficient (Wildman–Crippen LogP) is 8.54.